The van der Waals surface area contributed by atoms with Crippen LogP contribution in [0.25, 0.3) is 0 Å². The van der Waals surface area contributed by atoms with Gasteiger partial charge in [0.05, 0.1) is 11.4 Å². The third-order valence-corrected chi connectivity index (χ3v) is 5.82. The minimum Gasteiger partial charge on any atom is -0.355 e. The lowest BCUT2D eigenvalue weighted by Crippen LogP contribution is -2.37. The summed E-state index contributed by atoms with van der Waals surface area (Å²) < 4.78 is 26.4. The van der Waals surface area contributed by atoms with Crippen LogP contribution in [0.15, 0.2) is 29.2 Å². The SMILES string of the molecule is CCN(CC)S(=O)(=O)c1cccc(C(=O)NCC(=O)NCCCNC)c1. The number of carbonyl (C=O) groups is 2. The van der Waals surface area contributed by atoms with Gasteiger partial charge in [0.15, 0.2) is 0 Å². The Labute approximate surface area is 155 Å². The molecule has 8 nitrogen and oxygen atoms in total. The summed E-state index contributed by atoms with van der Waals surface area (Å²) in [6.45, 7) is 5.37. The van der Waals surface area contributed by atoms with Crippen LogP contribution in [-0.4, -0.2) is 64.3 Å². The van der Waals surface area contributed by atoms with Gasteiger partial charge in [-0.2, -0.15) is 4.31 Å². The smallest absolute Gasteiger partial charge is 0.251 e. The highest BCUT2D eigenvalue weighted by atomic mass is 32.2. The molecule has 0 unspecified atom stereocenters. The molecule has 0 saturated heterocycles. The molecule has 1 aromatic rings. The van der Waals surface area contributed by atoms with Crippen LogP contribution in [0.1, 0.15) is 30.6 Å². The van der Waals surface area contributed by atoms with Crippen LogP contribution in [0.2, 0.25) is 0 Å². The van der Waals surface area contributed by atoms with E-state index < -0.39 is 15.9 Å². The first-order chi connectivity index (χ1) is 12.4. The number of benzene rings is 1. The maximum absolute atomic E-state index is 12.5. The van der Waals surface area contributed by atoms with Gasteiger partial charge < -0.3 is 16.0 Å². The van der Waals surface area contributed by atoms with Crippen LogP contribution in [-0.2, 0) is 14.8 Å². The summed E-state index contributed by atoms with van der Waals surface area (Å²) >= 11 is 0. The van der Waals surface area contributed by atoms with Gasteiger partial charge in [0.25, 0.3) is 5.91 Å². The maximum Gasteiger partial charge on any atom is 0.251 e. The van der Waals surface area contributed by atoms with Gasteiger partial charge in [0, 0.05) is 25.2 Å². The molecule has 146 valence electrons. The molecule has 0 saturated carbocycles. The normalized spacial score (nSPS) is 11.4. The summed E-state index contributed by atoms with van der Waals surface area (Å²) in [6, 6.07) is 5.82. The molecule has 0 heterocycles. The molecule has 0 spiro atoms. The van der Waals surface area contributed by atoms with Crippen LogP contribution in [0.3, 0.4) is 0 Å². The molecule has 1 aromatic carbocycles. The fourth-order valence-corrected chi connectivity index (χ4v) is 3.83. The van der Waals surface area contributed by atoms with Crippen LogP contribution in [0.5, 0.6) is 0 Å². The van der Waals surface area contributed by atoms with Crippen LogP contribution >= 0.6 is 0 Å². The van der Waals surface area contributed by atoms with E-state index in [1.807, 2.05) is 7.05 Å². The Kier molecular flexibility index (Phi) is 9.25. The van der Waals surface area contributed by atoms with Gasteiger partial charge >= 0.3 is 0 Å². The molecular weight excluding hydrogens is 356 g/mol. The summed E-state index contributed by atoms with van der Waals surface area (Å²) in [6.07, 6.45) is 0.793. The number of nitrogens with zero attached hydrogens (tertiary/aromatic N) is 1. The second-order valence-corrected chi connectivity index (χ2v) is 7.54. The fraction of sp³-hybridized carbons (Fsp3) is 0.529. The lowest BCUT2D eigenvalue weighted by atomic mass is 10.2. The first-order valence-corrected chi connectivity index (χ1v) is 10.1. The summed E-state index contributed by atoms with van der Waals surface area (Å²) in [5, 5.41) is 8.17. The van der Waals surface area contributed by atoms with E-state index in [1.54, 1.807) is 13.8 Å². The Morgan fingerprint density at radius 3 is 2.38 bits per heavy atom. The highest BCUT2D eigenvalue weighted by Crippen LogP contribution is 2.16. The van der Waals surface area contributed by atoms with Gasteiger partial charge in [0.2, 0.25) is 15.9 Å². The number of nitrogens with one attached hydrogen (secondary N) is 3. The number of rotatable bonds is 11. The zero-order valence-corrected chi connectivity index (χ0v) is 16.4. The van der Waals surface area contributed by atoms with Crippen molar-refractivity contribution in [3.05, 3.63) is 29.8 Å². The Balaban J connectivity index is 2.70. The summed E-state index contributed by atoms with van der Waals surface area (Å²) in [5.74, 6) is -0.784. The molecule has 0 fully saturated rings. The number of carbonyl (C=O) groups excluding carboxylic acids is 2. The van der Waals surface area contributed by atoms with Gasteiger partial charge in [-0.15, -0.1) is 0 Å². The molecule has 26 heavy (non-hydrogen) atoms. The molecule has 1 rings (SSSR count). The van der Waals surface area contributed by atoms with Gasteiger partial charge in [-0.3, -0.25) is 9.59 Å². The van der Waals surface area contributed by atoms with Gasteiger partial charge in [-0.1, -0.05) is 19.9 Å². The van der Waals surface area contributed by atoms with Crippen molar-refractivity contribution >= 4 is 21.8 Å². The summed E-state index contributed by atoms with van der Waals surface area (Å²) in [4.78, 5) is 24.0. The second kappa shape index (κ2) is 10.9. The van der Waals surface area contributed by atoms with E-state index in [4.69, 9.17) is 0 Å². The highest BCUT2D eigenvalue weighted by Gasteiger charge is 2.22. The van der Waals surface area contributed by atoms with Gasteiger partial charge in [-0.05, 0) is 38.2 Å². The number of sulfonamides is 1. The van der Waals surface area contributed by atoms with Crippen molar-refractivity contribution in [3.8, 4) is 0 Å². The Morgan fingerprint density at radius 1 is 1.08 bits per heavy atom. The second-order valence-electron chi connectivity index (χ2n) is 5.61. The van der Waals surface area contributed by atoms with Crippen molar-refractivity contribution in [1.29, 1.82) is 0 Å². The van der Waals surface area contributed by atoms with Crippen molar-refractivity contribution in [2.75, 3.05) is 39.8 Å². The van der Waals surface area contributed by atoms with Crippen molar-refractivity contribution < 1.29 is 18.0 Å². The lowest BCUT2D eigenvalue weighted by Gasteiger charge is -2.18. The van der Waals surface area contributed by atoms with E-state index in [2.05, 4.69) is 16.0 Å². The zero-order chi connectivity index (χ0) is 19.6. The molecule has 0 aliphatic rings. The Hall–Kier alpha value is -1.97. The van der Waals surface area contributed by atoms with E-state index in [0.717, 1.165) is 13.0 Å². The van der Waals surface area contributed by atoms with Crippen molar-refractivity contribution in [1.82, 2.24) is 20.3 Å². The summed E-state index contributed by atoms with van der Waals surface area (Å²) in [5.41, 5.74) is 0.196. The Bertz CT molecular complexity index is 702. The van der Waals surface area contributed by atoms with E-state index in [1.165, 1.54) is 28.6 Å². The fourth-order valence-electron chi connectivity index (χ4n) is 2.33. The lowest BCUT2D eigenvalue weighted by molar-refractivity contribution is -0.120. The molecule has 0 bridgehead atoms. The molecular formula is C17H28N4O4S. The third kappa shape index (κ3) is 6.40. The number of hydrogen-bond acceptors (Lipinski definition) is 5. The number of hydrogen-bond donors (Lipinski definition) is 3. The standard InChI is InChI=1S/C17H28N4O4S/c1-4-21(5-2)26(24,25)15-9-6-8-14(12-15)17(23)20-13-16(22)19-11-7-10-18-3/h6,8-9,12,18H,4-5,7,10-11,13H2,1-3H3,(H,19,22)(H,20,23). The molecule has 2 amide bonds. The molecule has 0 radical (unpaired) electrons. The average Bonchev–Trinajstić information content (AvgIpc) is 2.64. The largest absolute Gasteiger partial charge is 0.355 e. The van der Waals surface area contributed by atoms with Gasteiger partial charge in [0.1, 0.15) is 0 Å². The van der Waals surface area contributed by atoms with Crippen LogP contribution < -0.4 is 16.0 Å². The zero-order valence-electron chi connectivity index (χ0n) is 15.5. The maximum atomic E-state index is 12.5. The van der Waals surface area contributed by atoms with Crippen LogP contribution in [0.4, 0.5) is 0 Å². The third-order valence-electron chi connectivity index (χ3n) is 3.77. The average molecular weight is 385 g/mol. The first kappa shape index (κ1) is 22.1. The van der Waals surface area contributed by atoms with Crippen LogP contribution in [0, 0.1) is 0 Å². The van der Waals surface area contributed by atoms with E-state index in [-0.39, 0.29) is 22.9 Å². The minimum atomic E-state index is -3.64. The van der Waals surface area contributed by atoms with E-state index in [9.17, 15) is 18.0 Å². The van der Waals surface area contributed by atoms with Crippen molar-refractivity contribution in [2.45, 2.75) is 25.2 Å². The first-order valence-electron chi connectivity index (χ1n) is 8.66. The predicted octanol–water partition coefficient (Wildman–Crippen LogP) is 0.173. The molecule has 0 aliphatic heterocycles. The topological polar surface area (TPSA) is 108 Å². The van der Waals surface area contributed by atoms with Gasteiger partial charge in [-0.25, -0.2) is 8.42 Å². The van der Waals surface area contributed by atoms with E-state index >= 15 is 0 Å². The molecule has 0 aliphatic carbocycles. The molecule has 0 aromatic heterocycles. The molecule has 0 atom stereocenters. The number of amides is 2. The van der Waals surface area contributed by atoms with Crippen molar-refractivity contribution in [3.63, 3.8) is 0 Å². The predicted molar refractivity (Wildman–Crippen MR) is 100 cm³/mol. The monoisotopic (exact) mass is 384 g/mol. The minimum absolute atomic E-state index is 0.0605. The molecule has 9 heteroatoms. The summed E-state index contributed by atoms with van der Waals surface area (Å²) in [7, 11) is -1.81. The molecule has 3 N–H and O–H groups in total. The quantitative estimate of drug-likeness (QED) is 0.472. The highest BCUT2D eigenvalue weighted by molar-refractivity contribution is 7.89. The van der Waals surface area contributed by atoms with Crippen molar-refractivity contribution in [2.24, 2.45) is 0 Å². The van der Waals surface area contributed by atoms with E-state index in [0.29, 0.717) is 19.6 Å². The Morgan fingerprint density at radius 2 is 1.77 bits per heavy atom.